The summed E-state index contributed by atoms with van der Waals surface area (Å²) in [7, 11) is 1.63. The molecule has 14 heavy (non-hydrogen) atoms. The van der Waals surface area contributed by atoms with E-state index in [0.29, 0.717) is 12.8 Å². The van der Waals surface area contributed by atoms with Crippen molar-refractivity contribution in [3.63, 3.8) is 0 Å². The van der Waals surface area contributed by atoms with Crippen LogP contribution in [-0.2, 0) is 5.60 Å². The standard InChI is InChI=1S/C11H15NO2/c1-14-10-4-2-8(3-5-10)11(13)6-9(12)7-11/h2-5,9,13H,6-7,12H2,1H3. The minimum absolute atomic E-state index is 0.141. The molecule has 0 heterocycles. The van der Waals surface area contributed by atoms with E-state index in [-0.39, 0.29) is 6.04 Å². The summed E-state index contributed by atoms with van der Waals surface area (Å²) in [5.41, 5.74) is 5.89. The van der Waals surface area contributed by atoms with Crippen molar-refractivity contribution < 1.29 is 9.84 Å². The normalized spacial score (nSPS) is 30.9. The van der Waals surface area contributed by atoms with Gasteiger partial charge in [-0.3, -0.25) is 0 Å². The first-order valence-electron chi connectivity index (χ1n) is 4.76. The van der Waals surface area contributed by atoms with Gasteiger partial charge in [0.15, 0.2) is 0 Å². The van der Waals surface area contributed by atoms with Crippen LogP contribution in [0.4, 0.5) is 0 Å². The first-order valence-corrected chi connectivity index (χ1v) is 4.76. The van der Waals surface area contributed by atoms with Crippen LogP contribution in [0.15, 0.2) is 24.3 Å². The SMILES string of the molecule is COc1ccc(C2(O)CC(N)C2)cc1. The Labute approximate surface area is 83.5 Å². The molecule has 0 amide bonds. The van der Waals surface area contributed by atoms with Crippen LogP contribution >= 0.6 is 0 Å². The zero-order valence-electron chi connectivity index (χ0n) is 8.23. The van der Waals surface area contributed by atoms with Crippen LogP contribution in [0.5, 0.6) is 5.75 Å². The fourth-order valence-electron chi connectivity index (χ4n) is 1.94. The van der Waals surface area contributed by atoms with Crippen LogP contribution in [0, 0.1) is 0 Å². The van der Waals surface area contributed by atoms with Crippen molar-refractivity contribution in [1.82, 2.24) is 0 Å². The minimum atomic E-state index is -0.703. The number of hydrogen-bond donors (Lipinski definition) is 2. The molecule has 76 valence electrons. The van der Waals surface area contributed by atoms with E-state index in [1.165, 1.54) is 0 Å². The average Bonchev–Trinajstić information content (AvgIpc) is 2.16. The third-order valence-corrected chi connectivity index (χ3v) is 2.83. The average molecular weight is 193 g/mol. The van der Waals surface area contributed by atoms with Gasteiger partial charge in [-0.1, -0.05) is 12.1 Å². The second-order valence-electron chi connectivity index (χ2n) is 3.93. The maximum Gasteiger partial charge on any atom is 0.118 e. The van der Waals surface area contributed by atoms with Gasteiger partial charge in [0.05, 0.1) is 12.7 Å². The van der Waals surface area contributed by atoms with Crippen molar-refractivity contribution in [2.24, 2.45) is 5.73 Å². The summed E-state index contributed by atoms with van der Waals surface area (Å²) in [6.45, 7) is 0. The Hall–Kier alpha value is -1.06. The fourth-order valence-corrected chi connectivity index (χ4v) is 1.94. The Kier molecular flexibility index (Phi) is 2.21. The molecule has 0 unspecified atom stereocenters. The van der Waals surface area contributed by atoms with Crippen molar-refractivity contribution >= 4 is 0 Å². The zero-order chi connectivity index (χ0) is 10.2. The lowest BCUT2D eigenvalue weighted by molar-refractivity contribution is -0.0523. The molecule has 0 bridgehead atoms. The predicted octanol–water partition coefficient (Wildman–Crippen LogP) is 1.00. The van der Waals surface area contributed by atoms with Crippen LogP contribution in [0.25, 0.3) is 0 Å². The first kappa shape index (κ1) is 9.49. The molecule has 0 radical (unpaired) electrons. The number of rotatable bonds is 2. The summed E-state index contributed by atoms with van der Waals surface area (Å²) in [6, 6.07) is 7.64. The Bertz CT molecular complexity index is 315. The van der Waals surface area contributed by atoms with E-state index >= 15 is 0 Å². The first-order chi connectivity index (χ1) is 6.64. The van der Waals surface area contributed by atoms with E-state index in [0.717, 1.165) is 11.3 Å². The van der Waals surface area contributed by atoms with Crippen molar-refractivity contribution in [3.8, 4) is 5.75 Å². The summed E-state index contributed by atoms with van der Waals surface area (Å²) < 4.78 is 5.05. The summed E-state index contributed by atoms with van der Waals surface area (Å²) >= 11 is 0. The van der Waals surface area contributed by atoms with Gasteiger partial charge in [0.25, 0.3) is 0 Å². The molecule has 0 aromatic heterocycles. The fraction of sp³-hybridized carbons (Fsp3) is 0.455. The molecule has 2 rings (SSSR count). The molecule has 1 fully saturated rings. The number of hydrogen-bond acceptors (Lipinski definition) is 3. The van der Waals surface area contributed by atoms with Gasteiger partial charge in [0.2, 0.25) is 0 Å². The number of ether oxygens (including phenoxy) is 1. The van der Waals surface area contributed by atoms with E-state index in [1.54, 1.807) is 7.11 Å². The Balaban J connectivity index is 2.17. The van der Waals surface area contributed by atoms with Crippen LogP contribution in [0.3, 0.4) is 0 Å². The third-order valence-electron chi connectivity index (χ3n) is 2.83. The molecule has 3 N–H and O–H groups in total. The molecule has 1 aliphatic carbocycles. The lowest BCUT2D eigenvalue weighted by Crippen LogP contribution is -2.49. The van der Waals surface area contributed by atoms with E-state index in [9.17, 15) is 5.11 Å². The largest absolute Gasteiger partial charge is 0.497 e. The second kappa shape index (κ2) is 3.26. The molecule has 0 atom stereocenters. The molecule has 1 aromatic carbocycles. The minimum Gasteiger partial charge on any atom is -0.497 e. The lowest BCUT2D eigenvalue weighted by atomic mass is 9.72. The predicted molar refractivity (Wildman–Crippen MR) is 54.1 cm³/mol. The highest BCUT2D eigenvalue weighted by atomic mass is 16.5. The monoisotopic (exact) mass is 193 g/mol. The van der Waals surface area contributed by atoms with E-state index in [2.05, 4.69) is 0 Å². The molecule has 3 heteroatoms. The van der Waals surface area contributed by atoms with Gasteiger partial charge in [-0.2, -0.15) is 0 Å². The van der Waals surface area contributed by atoms with Crippen molar-refractivity contribution in [2.45, 2.75) is 24.5 Å². The van der Waals surface area contributed by atoms with Crippen molar-refractivity contribution in [2.75, 3.05) is 7.11 Å². The van der Waals surface area contributed by atoms with E-state index in [4.69, 9.17) is 10.5 Å². The van der Waals surface area contributed by atoms with Gasteiger partial charge < -0.3 is 15.6 Å². The number of nitrogens with two attached hydrogens (primary N) is 1. The highest BCUT2D eigenvalue weighted by Gasteiger charge is 2.41. The summed E-state index contributed by atoms with van der Waals surface area (Å²) in [5, 5.41) is 10.1. The van der Waals surface area contributed by atoms with Gasteiger partial charge >= 0.3 is 0 Å². The number of methoxy groups -OCH3 is 1. The molecule has 0 spiro atoms. The second-order valence-corrected chi connectivity index (χ2v) is 3.93. The Morgan fingerprint density at radius 2 is 1.93 bits per heavy atom. The maximum atomic E-state index is 10.1. The summed E-state index contributed by atoms with van der Waals surface area (Å²) in [4.78, 5) is 0. The smallest absolute Gasteiger partial charge is 0.118 e. The molecular formula is C11H15NO2. The van der Waals surface area contributed by atoms with Gasteiger partial charge in [0, 0.05) is 6.04 Å². The van der Waals surface area contributed by atoms with Gasteiger partial charge in [-0.15, -0.1) is 0 Å². The van der Waals surface area contributed by atoms with Crippen LogP contribution < -0.4 is 10.5 Å². The maximum absolute atomic E-state index is 10.1. The van der Waals surface area contributed by atoms with Gasteiger partial charge in [-0.05, 0) is 30.5 Å². The van der Waals surface area contributed by atoms with Crippen molar-refractivity contribution in [1.29, 1.82) is 0 Å². The Morgan fingerprint density at radius 3 is 2.36 bits per heavy atom. The molecule has 0 aliphatic heterocycles. The molecule has 1 aliphatic rings. The highest BCUT2D eigenvalue weighted by molar-refractivity contribution is 5.32. The van der Waals surface area contributed by atoms with Crippen LogP contribution in [-0.4, -0.2) is 18.3 Å². The summed E-state index contributed by atoms with van der Waals surface area (Å²) in [5.74, 6) is 0.806. The lowest BCUT2D eigenvalue weighted by Gasteiger charge is -2.42. The van der Waals surface area contributed by atoms with Gasteiger partial charge in [0.1, 0.15) is 5.75 Å². The van der Waals surface area contributed by atoms with E-state index in [1.807, 2.05) is 24.3 Å². The molecular weight excluding hydrogens is 178 g/mol. The molecule has 1 saturated carbocycles. The van der Waals surface area contributed by atoms with E-state index < -0.39 is 5.60 Å². The van der Waals surface area contributed by atoms with Crippen LogP contribution in [0.1, 0.15) is 18.4 Å². The van der Waals surface area contributed by atoms with Crippen LogP contribution in [0.2, 0.25) is 0 Å². The summed E-state index contributed by atoms with van der Waals surface area (Å²) in [6.07, 6.45) is 1.30. The third kappa shape index (κ3) is 1.49. The van der Waals surface area contributed by atoms with Gasteiger partial charge in [-0.25, -0.2) is 0 Å². The Morgan fingerprint density at radius 1 is 1.36 bits per heavy atom. The molecule has 1 aromatic rings. The number of benzene rings is 1. The quantitative estimate of drug-likeness (QED) is 0.736. The number of aliphatic hydroxyl groups is 1. The zero-order valence-corrected chi connectivity index (χ0v) is 8.23. The highest BCUT2D eigenvalue weighted by Crippen LogP contribution is 2.40. The van der Waals surface area contributed by atoms with Crippen molar-refractivity contribution in [3.05, 3.63) is 29.8 Å². The molecule has 3 nitrogen and oxygen atoms in total. The topological polar surface area (TPSA) is 55.5 Å². The molecule has 0 saturated heterocycles.